The van der Waals surface area contributed by atoms with Crippen LogP contribution in [0.3, 0.4) is 0 Å². The highest BCUT2D eigenvalue weighted by Crippen LogP contribution is 2.31. The molecule has 2 aliphatic rings. The number of hydrogen-bond acceptors (Lipinski definition) is 6. The van der Waals surface area contributed by atoms with Gasteiger partial charge in [-0.15, -0.1) is 5.10 Å². The van der Waals surface area contributed by atoms with Gasteiger partial charge >= 0.3 is 6.18 Å². The Balaban J connectivity index is 1.51. The zero-order valence-electron chi connectivity index (χ0n) is 15.7. The number of halogens is 4. The van der Waals surface area contributed by atoms with E-state index in [0.29, 0.717) is 44.7 Å². The minimum Gasteiger partial charge on any atom is -0.389 e. The maximum atomic E-state index is 14.4. The van der Waals surface area contributed by atoms with Gasteiger partial charge in [-0.05, 0) is 38.4 Å². The van der Waals surface area contributed by atoms with Crippen LogP contribution < -0.4 is 5.32 Å². The summed E-state index contributed by atoms with van der Waals surface area (Å²) in [5.41, 5.74) is 0.845. The summed E-state index contributed by atoms with van der Waals surface area (Å²) < 4.78 is 58.8. The van der Waals surface area contributed by atoms with E-state index in [-0.39, 0.29) is 30.0 Å². The number of aliphatic hydroxyl groups excluding tert-OH is 1. The minimum absolute atomic E-state index is 0.0899. The molecule has 7 nitrogen and oxygen atoms in total. The first-order valence-electron chi connectivity index (χ1n) is 9.66. The van der Waals surface area contributed by atoms with Crippen LogP contribution in [0.4, 0.5) is 23.5 Å². The van der Waals surface area contributed by atoms with Crippen molar-refractivity contribution in [3.63, 3.8) is 0 Å². The molecule has 0 aromatic carbocycles. The summed E-state index contributed by atoms with van der Waals surface area (Å²) in [6, 6.07) is 1.12. The third-order valence-corrected chi connectivity index (χ3v) is 5.55. The van der Waals surface area contributed by atoms with Crippen molar-refractivity contribution in [3.05, 3.63) is 23.8 Å². The summed E-state index contributed by atoms with van der Waals surface area (Å²) >= 11 is 0. The normalized spacial score (nSPS) is 24.9. The zero-order chi connectivity index (χ0) is 20.6. The number of piperidine rings is 1. The Morgan fingerprint density at radius 1 is 1.24 bits per heavy atom. The molecule has 2 aliphatic heterocycles. The average molecular weight is 417 g/mol. The molecule has 29 heavy (non-hydrogen) atoms. The number of alkyl halides is 3. The molecule has 0 bridgehead atoms. The van der Waals surface area contributed by atoms with Gasteiger partial charge in [-0.2, -0.15) is 13.2 Å². The summed E-state index contributed by atoms with van der Waals surface area (Å²) in [4.78, 5) is 5.51. The summed E-state index contributed by atoms with van der Waals surface area (Å²) in [6.07, 6.45) is -1.96. The maximum absolute atomic E-state index is 14.4. The van der Waals surface area contributed by atoms with Crippen LogP contribution in [0.25, 0.3) is 5.52 Å². The SMILES string of the molecule is O[C@@H]1COCC[C@H]1Nc1ncc2c(F)cc(C3CCN(CC(F)(F)F)CC3)n2n1. The molecule has 2 aromatic rings. The summed E-state index contributed by atoms with van der Waals surface area (Å²) in [7, 11) is 0. The predicted octanol–water partition coefficient (Wildman–Crippen LogP) is 2.17. The van der Waals surface area contributed by atoms with E-state index >= 15 is 0 Å². The highest BCUT2D eigenvalue weighted by atomic mass is 19.4. The lowest BCUT2D eigenvalue weighted by Crippen LogP contribution is -2.42. The first-order valence-corrected chi connectivity index (χ1v) is 9.66. The van der Waals surface area contributed by atoms with Gasteiger partial charge in [-0.25, -0.2) is 13.9 Å². The quantitative estimate of drug-likeness (QED) is 0.743. The molecule has 2 N–H and O–H groups in total. The van der Waals surface area contributed by atoms with E-state index in [1.807, 2.05) is 0 Å². The van der Waals surface area contributed by atoms with Crippen LogP contribution in [0.1, 0.15) is 30.9 Å². The second-order valence-corrected chi connectivity index (χ2v) is 7.64. The number of aromatic nitrogens is 3. The van der Waals surface area contributed by atoms with Crippen molar-refractivity contribution in [1.82, 2.24) is 19.5 Å². The molecular formula is C18H23F4N5O2. The van der Waals surface area contributed by atoms with Crippen molar-refractivity contribution in [3.8, 4) is 0 Å². The Morgan fingerprint density at radius 2 is 2.00 bits per heavy atom. The van der Waals surface area contributed by atoms with Crippen LogP contribution in [-0.2, 0) is 4.74 Å². The molecule has 160 valence electrons. The van der Waals surface area contributed by atoms with Gasteiger partial charge in [0.2, 0.25) is 5.95 Å². The molecule has 2 fully saturated rings. The minimum atomic E-state index is -4.22. The summed E-state index contributed by atoms with van der Waals surface area (Å²) in [6.45, 7) is 0.399. The van der Waals surface area contributed by atoms with Gasteiger partial charge in [0.05, 0.1) is 31.5 Å². The van der Waals surface area contributed by atoms with Crippen LogP contribution in [0.15, 0.2) is 12.3 Å². The van der Waals surface area contributed by atoms with Gasteiger partial charge in [-0.1, -0.05) is 0 Å². The second-order valence-electron chi connectivity index (χ2n) is 7.64. The fraction of sp³-hybridized carbons (Fsp3) is 0.667. The molecule has 0 spiro atoms. The van der Waals surface area contributed by atoms with Crippen molar-refractivity contribution < 1.29 is 27.4 Å². The Kier molecular flexibility index (Phi) is 5.63. The number of fused-ring (bicyclic) bond motifs is 1. The number of likely N-dealkylation sites (tertiary alicyclic amines) is 1. The highest BCUT2D eigenvalue weighted by molar-refractivity contribution is 5.50. The highest BCUT2D eigenvalue weighted by Gasteiger charge is 2.33. The molecule has 4 rings (SSSR count). The molecule has 0 unspecified atom stereocenters. The smallest absolute Gasteiger partial charge is 0.389 e. The fourth-order valence-electron chi connectivity index (χ4n) is 4.03. The largest absolute Gasteiger partial charge is 0.401 e. The van der Waals surface area contributed by atoms with Crippen molar-refractivity contribution in [2.75, 3.05) is 38.2 Å². The lowest BCUT2D eigenvalue weighted by molar-refractivity contribution is -0.148. The van der Waals surface area contributed by atoms with Crippen molar-refractivity contribution in [1.29, 1.82) is 0 Å². The van der Waals surface area contributed by atoms with Gasteiger partial charge in [-0.3, -0.25) is 4.90 Å². The number of hydrogen-bond donors (Lipinski definition) is 2. The predicted molar refractivity (Wildman–Crippen MR) is 96.3 cm³/mol. The van der Waals surface area contributed by atoms with E-state index in [2.05, 4.69) is 15.4 Å². The third kappa shape index (κ3) is 4.62. The zero-order valence-corrected chi connectivity index (χ0v) is 15.7. The topological polar surface area (TPSA) is 74.9 Å². The van der Waals surface area contributed by atoms with E-state index in [9.17, 15) is 22.7 Å². The van der Waals surface area contributed by atoms with Gasteiger partial charge in [0, 0.05) is 18.2 Å². The number of aliphatic hydroxyl groups is 1. The third-order valence-electron chi connectivity index (χ3n) is 5.55. The van der Waals surface area contributed by atoms with E-state index in [0.717, 1.165) is 0 Å². The Hall–Kier alpha value is -1.98. The molecule has 0 aliphatic carbocycles. The number of anilines is 1. The van der Waals surface area contributed by atoms with Crippen molar-refractivity contribution in [2.45, 2.75) is 43.5 Å². The second kappa shape index (κ2) is 8.04. The summed E-state index contributed by atoms with van der Waals surface area (Å²) in [5.74, 6) is -0.293. The standard InChI is InChI=1S/C18H23F4N5O2/c19-12-7-14(11-1-4-26(5-2-11)10-18(20,21)22)27-15(12)8-23-17(25-27)24-13-3-6-29-9-16(13)28/h7-8,11,13,16,28H,1-6,9-10H2,(H,24,25)/t13-,16-/m1/s1. The van der Waals surface area contributed by atoms with E-state index in [1.54, 1.807) is 0 Å². The summed E-state index contributed by atoms with van der Waals surface area (Å²) in [5, 5.41) is 17.5. The number of nitrogens with zero attached hydrogens (tertiary/aromatic N) is 4. The number of rotatable bonds is 4. The van der Waals surface area contributed by atoms with Crippen molar-refractivity contribution >= 4 is 11.5 Å². The fourth-order valence-corrected chi connectivity index (χ4v) is 4.03. The number of nitrogens with one attached hydrogen (secondary N) is 1. The van der Waals surface area contributed by atoms with Gasteiger partial charge in [0.15, 0.2) is 5.82 Å². The molecule has 0 saturated carbocycles. The van der Waals surface area contributed by atoms with Crippen molar-refractivity contribution in [2.24, 2.45) is 0 Å². The molecule has 2 saturated heterocycles. The van der Waals surface area contributed by atoms with Crippen LogP contribution >= 0.6 is 0 Å². The molecule has 11 heteroatoms. The van der Waals surface area contributed by atoms with E-state index in [4.69, 9.17) is 4.74 Å². The van der Waals surface area contributed by atoms with Gasteiger partial charge < -0.3 is 15.2 Å². The van der Waals surface area contributed by atoms with Gasteiger partial charge in [0.25, 0.3) is 0 Å². The Morgan fingerprint density at radius 3 is 2.69 bits per heavy atom. The van der Waals surface area contributed by atoms with Crippen LogP contribution in [0, 0.1) is 5.82 Å². The van der Waals surface area contributed by atoms with Crippen LogP contribution in [-0.4, -0.2) is 75.8 Å². The molecule has 2 aromatic heterocycles. The first kappa shape index (κ1) is 20.3. The lowest BCUT2D eigenvalue weighted by atomic mass is 9.93. The molecule has 4 heterocycles. The average Bonchev–Trinajstić information content (AvgIpc) is 2.99. The molecular weight excluding hydrogens is 394 g/mol. The first-order chi connectivity index (χ1) is 13.8. The maximum Gasteiger partial charge on any atom is 0.401 e. The monoisotopic (exact) mass is 417 g/mol. The lowest BCUT2D eigenvalue weighted by Gasteiger charge is -2.32. The molecule has 0 amide bonds. The number of ether oxygens (including phenoxy) is 1. The Labute approximate surface area is 164 Å². The van der Waals surface area contributed by atoms with E-state index in [1.165, 1.54) is 21.7 Å². The van der Waals surface area contributed by atoms with E-state index < -0.39 is 24.6 Å². The molecule has 0 radical (unpaired) electrons. The Bertz CT molecular complexity index is 851. The van der Waals surface area contributed by atoms with Crippen LogP contribution in [0.5, 0.6) is 0 Å². The molecule has 2 atom stereocenters. The van der Waals surface area contributed by atoms with Gasteiger partial charge in [0.1, 0.15) is 5.52 Å². The van der Waals surface area contributed by atoms with Crippen LogP contribution in [0.2, 0.25) is 0 Å².